The largest absolute Gasteiger partial charge is 0.411 e. The molecule has 0 aromatic carbocycles. The minimum absolute atomic E-state index is 0.251. The smallest absolute Gasteiger partial charge is 0.147 e. The Morgan fingerprint density at radius 3 is 2.76 bits per heavy atom. The molecule has 1 unspecified atom stereocenters. The van der Waals surface area contributed by atoms with Crippen molar-refractivity contribution in [2.24, 2.45) is 11.1 Å². The monoisotopic (exact) mass is 262 g/mol. The summed E-state index contributed by atoms with van der Waals surface area (Å²) in [5, 5.41) is 12.2. The Balaban J connectivity index is 2.38. The molecule has 1 saturated heterocycles. The number of hydrogen-bond donors (Lipinski definition) is 1. The zero-order valence-electron chi connectivity index (χ0n) is 10.6. The van der Waals surface area contributed by atoms with Crippen LogP contribution in [0, 0.1) is 5.92 Å². The molecule has 1 aliphatic rings. The Kier molecular flexibility index (Phi) is 5.39. The first-order chi connectivity index (χ1) is 7.96. The zero-order valence-corrected chi connectivity index (χ0v) is 11.4. The van der Waals surface area contributed by atoms with E-state index in [4.69, 9.17) is 5.21 Å². The van der Waals surface area contributed by atoms with Gasteiger partial charge in [-0.15, -0.1) is 0 Å². The maximum absolute atomic E-state index is 11.0. The van der Waals surface area contributed by atoms with Crippen molar-refractivity contribution in [3.8, 4) is 0 Å². The van der Waals surface area contributed by atoms with Gasteiger partial charge < -0.3 is 10.1 Å². The summed E-state index contributed by atoms with van der Waals surface area (Å²) in [4.78, 5) is 2.26. The van der Waals surface area contributed by atoms with Crippen LogP contribution in [0.4, 0.5) is 0 Å². The average molecular weight is 262 g/mol. The Hall–Kier alpha value is -0.620. The van der Waals surface area contributed by atoms with Crippen LogP contribution < -0.4 is 0 Å². The molecule has 1 atom stereocenters. The van der Waals surface area contributed by atoms with Gasteiger partial charge in [-0.2, -0.15) is 0 Å². The highest BCUT2D eigenvalue weighted by molar-refractivity contribution is 7.90. The molecule has 0 spiro atoms. The summed E-state index contributed by atoms with van der Waals surface area (Å²) in [6.45, 7) is 4.62. The van der Waals surface area contributed by atoms with E-state index in [0.29, 0.717) is 12.3 Å². The summed E-state index contributed by atoms with van der Waals surface area (Å²) >= 11 is 0. The molecule has 6 heteroatoms. The van der Waals surface area contributed by atoms with Gasteiger partial charge in [-0.25, -0.2) is 8.42 Å². The van der Waals surface area contributed by atoms with Crippen molar-refractivity contribution < 1.29 is 13.6 Å². The summed E-state index contributed by atoms with van der Waals surface area (Å²) in [6.07, 6.45) is 3.70. The second-order valence-corrected chi connectivity index (χ2v) is 6.99. The van der Waals surface area contributed by atoms with Crippen LogP contribution in [0.25, 0.3) is 0 Å². The van der Waals surface area contributed by atoms with E-state index in [-0.39, 0.29) is 5.75 Å². The maximum atomic E-state index is 11.0. The van der Waals surface area contributed by atoms with Crippen LogP contribution >= 0.6 is 0 Å². The van der Waals surface area contributed by atoms with E-state index in [1.165, 1.54) is 6.26 Å². The normalized spacial score (nSPS) is 25.3. The van der Waals surface area contributed by atoms with Gasteiger partial charge in [-0.1, -0.05) is 12.1 Å². The van der Waals surface area contributed by atoms with Crippen LogP contribution in [0.1, 0.15) is 26.2 Å². The van der Waals surface area contributed by atoms with Crippen LogP contribution in [0.3, 0.4) is 0 Å². The molecule has 1 aliphatic heterocycles. The lowest BCUT2D eigenvalue weighted by Gasteiger charge is -2.32. The highest BCUT2D eigenvalue weighted by Gasteiger charge is 2.24. The van der Waals surface area contributed by atoms with E-state index in [1.54, 1.807) is 0 Å². The van der Waals surface area contributed by atoms with Crippen molar-refractivity contribution in [2.45, 2.75) is 26.2 Å². The fraction of sp³-hybridized carbons (Fsp3) is 0.909. The molecule has 1 fully saturated rings. The van der Waals surface area contributed by atoms with Gasteiger partial charge in [0.05, 0.1) is 11.5 Å². The van der Waals surface area contributed by atoms with Crippen LogP contribution in [0.2, 0.25) is 0 Å². The van der Waals surface area contributed by atoms with E-state index in [2.05, 4.69) is 17.0 Å². The first kappa shape index (κ1) is 14.4. The minimum atomic E-state index is -2.85. The first-order valence-electron chi connectivity index (χ1n) is 6.07. The van der Waals surface area contributed by atoms with Gasteiger partial charge in [0.25, 0.3) is 0 Å². The van der Waals surface area contributed by atoms with Crippen molar-refractivity contribution in [3.05, 3.63) is 0 Å². The molecular formula is C11H22N2O3S. The summed E-state index contributed by atoms with van der Waals surface area (Å²) in [6, 6.07) is 0. The predicted octanol–water partition coefficient (Wildman–Crippen LogP) is 0.983. The number of hydrogen-bond acceptors (Lipinski definition) is 5. The van der Waals surface area contributed by atoms with Crippen molar-refractivity contribution in [2.75, 3.05) is 31.6 Å². The SMILES string of the molecule is CCC1CN(CCCS(C)(=O)=O)CCC1=NO. The van der Waals surface area contributed by atoms with Gasteiger partial charge in [0.15, 0.2) is 0 Å². The zero-order chi connectivity index (χ0) is 12.9. The lowest BCUT2D eigenvalue weighted by molar-refractivity contribution is 0.228. The van der Waals surface area contributed by atoms with E-state index in [1.807, 2.05) is 0 Å². The fourth-order valence-corrected chi connectivity index (χ4v) is 2.89. The highest BCUT2D eigenvalue weighted by atomic mass is 32.2. The molecule has 0 radical (unpaired) electrons. The van der Waals surface area contributed by atoms with E-state index < -0.39 is 9.84 Å². The Morgan fingerprint density at radius 2 is 2.24 bits per heavy atom. The molecule has 1 heterocycles. The predicted molar refractivity (Wildman–Crippen MR) is 68.4 cm³/mol. The van der Waals surface area contributed by atoms with Crippen molar-refractivity contribution in [1.82, 2.24) is 4.90 Å². The number of rotatable bonds is 5. The molecule has 0 aliphatic carbocycles. The maximum Gasteiger partial charge on any atom is 0.147 e. The van der Waals surface area contributed by atoms with Crippen molar-refractivity contribution >= 4 is 15.5 Å². The van der Waals surface area contributed by atoms with Gasteiger partial charge in [-0.3, -0.25) is 0 Å². The van der Waals surface area contributed by atoms with Gasteiger partial charge in [-0.05, 0) is 19.4 Å². The number of sulfone groups is 1. The topological polar surface area (TPSA) is 70.0 Å². The van der Waals surface area contributed by atoms with Gasteiger partial charge in [0, 0.05) is 31.7 Å². The Bertz CT molecular complexity index is 365. The van der Waals surface area contributed by atoms with E-state index in [9.17, 15) is 8.42 Å². The van der Waals surface area contributed by atoms with Gasteiger partial charge in [0.1, 0.15) is 9.84 Å². The second kappa shape index (κ2) is 6.35. The molecule has 17 heavy (non-hydrogen) atoms. The molecule has 0 amide bonds. The first-order valence-corrected chi connectivity index (χ1v) is 8.13. The minimum Gasteiger partial charge on any atom is -0.411 e. The standard InChI is InChI=1S/C11H22N2O3S/c1-3-10-9-13(7-5-11(10)12-14)6-4-8-17(2,15)16/h10,14H,3-9H2,1-2H3. The third-order valence-electron chi connectivity index (χ3n) is 3.24. The summed E-state index contributed by atoms with van der Waals surface area (Å²) < 4.78 is 22.0. The third-order valence-corrected chi connectivity index (χ3v) is 4.27. The molecule has 100 valence electrons. The quantitative estimate of drug-likeness (QED) is 0.592. The van der Waals surface area contributed by atoms with Gasteiger partial charge in [0.2, 0.25) is 0 Å². The molecule has 0 bridgehead atoms. The third kappa shape index (κ3) is 5.04. The fourth-order valence-electron chi connectivity index (χ4n) is 2.23. The molecular weight excluding hydrogens is 240 g/mol. The average Bonchev–Trinajstić information content (AvgIpc) is 2.27. The summed E-state index contributed by atoms with van der Waals surface area (Å²) in [7, 11) is -2.85. The number of nitrogens with zero attached hydrogens (tertiary/aromatic N) is 2. The molecule has 0 saturated carbocycles. The van der Waals surface area contributed by atoms with Crippen molar-refractivity contribution in [3.63, 3.8) is 0 Å². The number of likely N-dealkylation sites (tertiary alicyclic amines) is 1. The summed E-state index contributed by atoms with van der Waals surface area (Å²) in [5.41, 5.74) is 0.881. The van der Waals surface area contributed by atoms with Crippen LogP contribution in [-0.2, 0) is 9.84 Å². The number of oxime groups is 1. The summed E-state index contributed by atoms with van der Waals surface area (Å²) in [5.74, 6) is 0.563. The molecule has 1 rings (SSSR count). The molecule has 0 aromatic rings. The van der Waals surface area contributed by atoms with E-state index in [0.717, 1.165) is 38.2 Å². The molecule has 5 nitrogen and oxygen atoms in total. The Labute approximate surface area is 103 Å². The van der Waals surface area contributed by atoms with Crippen LogP contribution in [0.5, 0.6) is 0 Å². The lowest BCUT2D eigenvalue weighted by atomic mass is 9.93. The molecule has 1 N–H and O–H groups in total. The highest BCUT2D eigenvalue weighted by Crippen LogP contribution is 2.17. The lowest BCUT2D eigenvalue weighted by Crippen LogP contribution is -2.41. The van der Waals surface area contributed by atoms with Crippen LogP contribution in [0.15, 0.2) is 5.16 Å². The second-order valence-electron chi connectivity index (χ2n) is 4.73. The van der Waals surface area contributed by atoms with Crippen molar-refractivity contribution in [1.29, 1.82) is 0 Å². The van der Waals surface area contributed by atoms with Gasteiger partial charge >= 0.3 is 0 Å². The van der Waals surface area contributed by atoms with Crippen LogP contribution in [-0.4, -0.2) is 55.9 Å². The molecule has 0 aromatic heterocycles. The number of piperidine rings is 1. The Morgan fingerprint density at radius 1 is 1.53 bits per heavy atom. The van der Waals surface area contributed by atoms with E-state index >= 15 is 0 Å².